The molecular formula is C18H28F3IN4O. The average Bonchev–Trinajstić information content (AvgIpc) is 3.00. The second-order valence-electron chi connectivity index (χ2n) is 6.28. The van der Waals surface area contributed by atoms with Gasteiger partial charge in [-0.2, -0.15) is 13.2 Å². The lowest BCUT2D eigenvalue weighted by Gasteiger charge is -2.19. The first-order valence-corrected chi connectivity index (χ1v) is 8.92. The number of rotatable bonds is 8. The molecule has 0 aromatic heterocycles. The van der Waals surface area contributed by atoms with Gasteiger partial charge in [-0.1, -0.05) is 30.3 Å². The fourth-order valence-corrected chi connectivity index (χ4v) is 2.85. The first-order chi connectivity index (χ1) is 12.5. The van der Waals surface area contributed by atoms with Crippen LogP contribution < -0.4 is 10.6 Å². The standard InChI is InChI=1S/C18H27F3N4O.HI/c1-2-22-17(23-9-11-26-13-15-6-4-3-5-7-15)24-16-8-10-25(12-16)14-18(19,20)21;/h3-7,16H,2,8-14H2,1H3,(H2,22,23,24);1H. The molecule has 1 fully saturated rings. The topological polar surface area (TPSA) is 48.9 Å². The second-order valence-corrected chi connectivity index (χ2v) is 6.28. The lowest BCUT2D eigenvalue weighted by atomic mass is 10.2. The van der Waals surface area contributed by atoms with Crippen LogP contribution in [0.2, 0.25) is 0 Å². The van der Waals surface area contributed by atoms with Gasteiger partial charge in [-0.05, 0) is 18.9 Å². The van der Waals surface area contributed by atoms with Crippen LogP contribution in [0.4, 0.5) is 13.2 Å². The fraction of sp³-hybridized carbons (Fsp3) is 0.611. The van der Waals surface area contributed by atoms with Crippen LogP contribution in [0.1, 0.15) is 18.9 Å². The van der Waals surface area contributed by atoms with Crippen molar-refractivity contribution in [3.63, 3.8) is 0 Å². The lowest BCUT2D eigenvalue weighted by molar-refractivity contribution is -0.143. The zero-order chi connectivity index (χ0) is 18.8. The Hall–Kier alpha value is -1.07. The molecule has 2 N–H and O–H groups in total. The Bertz CT molecular complexity index is 557. The first kappa shape index (κ1) is 24.0. The van der Waals surface area contributed by atoms with Crippen LogP contribution in [0.3, 0.4) is 0 Å². The fourth-order valence-electron chi connectivity index (χ4n) is 2.85. The molecule has 154 valence electrons. The minimum Gasteiger partial charge on any atom is -0.375 e. The summed E-state index contributed by atoms with van der Waals surface area (Å²) in [5.74, 6) is 0.620. The summed E-state index contributed by atoms with van der Waals surface area (Å²) in [6.45, 7) is 4.10. The van der Waals surface area contributed by atoms with Crippen LogP contribution in [0, 0.1) is 0 Å². The van der Waals surface area contributed by atoms with Crippen molar-refractivity contribution in [3.05, 3.63) is 35.9 Å². The van der Waals surface area contributed by atoms with Gasteiger partial charge in [0, 0.05) is 25.7 Å². The number of hydrogen-bond donors (Lipinski definition) is 2. The molecule has 1 aromatic rings. The third kappa shape index (κ3) is 10.2. The molecule has 1 atom stereocenters. The number of ether oxygens (including phenoxy) is 1. The molecule has 0 radical (unpaired) electrons. The molecule has 0 saturated carbocycles. The number of nitrogens with one attached hydrogen (secondary N) is 2. The Balaban J connectivity index is 0.00000364. The summed E-state index contributed by atoms with van der Waals surface area (Å²) in [5.41, 5.74) is 1.11. The maximum Gasteiger partial charge on any atom is 0.401 e. The highest BCUT2D eigenvalue weighted by Crippen LogP contribution is 2.19. The molecule has 1 saturated heterocycles. The number of benzene rings is 1. The average molecular weight is 500 g/mol. The Morgan fingerprint density at radius 2 is 2.04 bits per heavy atom. The third-order valence-corrected chi connectivity index (χ3v) is 3.98. The quantitative estimate of drug-likeness (QED) is 0.250. The van der Waals surface area contributed by atoms with Crippen molar-refractivity contribution >= 4 is 29.9 Å². The predicted octanol–water partition coefficient (Wildman–Crippen LogP) is 3.01. The number of likely N-dealkylation sites (tertiary alicyclic amines) is 1. The molecule has 1 heterocycles. The number of halogens is 4. The van der Waals surface area contributed by atoms with E-state index in [1.165, 1.54) is 4.90 Å². The molecule has 5 nitrogen and oxygen atoms in total. The summed E-state index contributed by atoms with van der Waals surface area (Å²) in [7, 11) is 0. The van der Waals surface area contributed by atoms with Gasteiger partial charge in [0.2, 0.25) is 0 Å². The number of guanidine groups is 1. The van der Waals surface area contributed by atoms with Gasteiger partial charge >= 0.3 is 6.18 Å². The summed E-state index contributed by atoms with van der Waals surface area (Å²) in [4.78, 5) is 5.86. The van der Waals surface area contributed by atoms with Gasteiger partial charge in [0.15, 0.2) is 5.96 Å². The number of alkyl halides is 3. The minimum atomic E-state index is -4.15. The molecule has 0 amide bonds. The Morgan fingerprint density at radius 1 is 1.30 bits per heavy atom. The van der Waals surface area contributed by atoms with Gasteiger partial charge < -0.3 is 15.4 Å². The third-order valence-electron chi connectivity index (χ3n) is 3.98. The maximum atomic E-state index is 12.5. The monoisotopic (exact) mass is 500 g/mol. The largest absolute Gasteiger partial charge is 0.401 e. The maximum absolute atomic E-state index is 12.5. The van der Waals surface area contributed by atoms with Crippen molar-refractivity contribution in [2.75, 3.05) is 39.3 Å². The van der Waals surface area contributed by atoms with Crippen LogP contribution in [-0.2, 0) is 11.3 Å². The van der Waals surface area contributed by atoms with Gasteiger partial charge in [-0.3, -0.25) is 9.89 Å². The van der Waals surface area contributed by atoms with E-state index in [4.69, 9.17) is 4.74 Å². The van der Waals surface area contributed by atoms with Crippen molar-refractivity contribution in [1.29, 1.82) is 0 Å². The van der Waals surface area contributed by atoms with Crippen molar-refractivity contribution in [2.24, 2.45) is 4.99 Å². The Labute approximate surface area is 175 Å². The van der Waals surface area contributed by atoms with E-state index in [-0.39, 0.29) is 30.0 Å². The highest BCUT2D eigenvalue weighted by molar-refractivity contribution is 14.0. The van der Waals surface area contributed by atoms with E-state index < -0.39 is 12.7 Å². The molecule has 1 unspecified atom stereocenters. The van der Waals surface area contributed by atoms with Crippen LogP contribution in [-0.4, -0.2) is 62.4 Å². The molecule has 0 bridgehead atoms. The molecular weight excluding hydrogens is 472 g/mol. The van der Waals surface area contributed by atoms with E-state index in [0.717, 1.165) is 5.56 Å². The van der Waals surface area contributed by atoms with Crippen LogP contribution in [0.15, 0.2) is 35.3 Å². The number of aliphatic imine (C=N–C) groups is 1. The highest BCUT2D eigenvalue weighted by Gasteiger charge is 2.34. The summed E-state index contributed by atoms with van der Waals surface area (Å²) < 4.78 is 43.0. The van der Waals surface area contributed by atoms with Crippen molar-refractivity contribution in [2.45, 2.75) is 32.2 Å². The van der Waals surface area contributed by atoms with Crippen LogP contribution in [0.25, 0.3) is 0 Å². The number of nitrogens with zero attached hydrogens (tertiary/aromatic N) is 2. The minimum absolute atomic E-state index is 0. The van der Waals surface area contributed by atoms with Crippen molar-refractivity contribution < 1.29 is 17.9 Å². The number of hydrogen-bond acceptors (Lipinski definition) is 3. The molecule has 1 aliphatic rings. The molecule has 1 aliphatic heterocycles. The lowest BCUT2D eigenvalue weighted by Crippen LogP contribution is -2.45. The van der Waals surface area contributed by atoms with Crippen LogP contribution >= 0.6 is 24.0 Å². The summed E-state index contributed by atoms with van der Waals surface area (Å²) in [6, 6.07) is 9.87. The summed E-state index contributed by atoms with van der Waals surface area (Å²) in [6.07, 6.45) is -3.48. The Morgan fingerprint density at radius 3 is 2.70 bits per heavy atom. The molecule has 9 heteroatoms. The summed E-state index contributed by atoms with van der Waals surface area (Å²) in [5, 5.41) is 6.34. The summed E-state index contributed by atoms with van der Waals surface area (Å²) >= 11 is 0. The second kappa shape index (κ2) is 12.4. The smallest absolute Gasteiger partial charge is 0.375 e. The zero-order valence-corrected chi connectivity index (χ0v) is 17.8. The normalized spacial score (nSPS) is 18.2. The van der Waals surface area contributed by atoms with Crippen LogP contribution in [0.5, 0.6) is 0 Å². The van der Waals surface area contributed by atoms with E-state index in [9.17, 15) is 13.2 Å². The van der Waals surface area contributed by atoms with Crippen molar-refractivity contribution in [3.8, 4) is 0 Å². The van der Waals surface area contributed by atoms with Gasteiger partial charge in [0.1, 0.15) is 0 Å². The van der Waals surface area contributed by atoms with Gasteiger partial charge in [-0.25, -0.2) is 0 Å². The zero-order valence-electron chi connectivity index (χ0n) is 15.5. The molecule has 27 heavy (non-hydrogen) atoms. The molecule has 2 rings (SSSR count). The molecule has 0 spiro atoms. The molecule has 0 aliphatic carbocycles. The highest BCUT2D eigenvalue weighted by atomic mass is 127. The van der Waals surface area contributed by atoms with E-state index >= 15 is 0 Å². The van der Waals surface area contributed by atoms with Gasteiger partial charge in [0.25, 0.3) is 0 Å². The van der Waals surface area contributed by atoms with Gasteiger partial charge in [0.05, 0.1) is 26.3 Å². The van der Waals surface area contributed by atoms with E-state index in [1.807, 2.05) is 37.3 Å². The SMILES string of the molecule is CCNC(=NCCOCc1ccccc1)NC1CCN(CC(F)(F)F)C1.I. The van der Waals surface area contributed by atoms with E-state index in [1.54, 1.807) is 0 Å². The predicted molar refractivity (Wildman–Crippen MR) is 112 cm³/mol. The molecule has 1 aromatic carbocycles. The Kier molecular flexibility index (Phi) is 11.0. The first-order valence-electron chi connectivity index (χ1n) is 8.92. The van der Waals surface area contributed by atoms with E-state index in [2.05, 4.69) is 15.6 Å². The van der Waals surface area contributed by atoms with Crippen molar-refractivity contribution in [1.82, 2.24) is 15.5 Å². The van der Waals surface area contributed by atoms with E-state index in [0.29, 0.717) is 51.8 Å². The van der Waals surface area contributed by atoms with Gasteiger partial charge in [-0.15, -0.1) is 24.0 Å².